The van der Waals surface area contributed by atoms with Crippen LogP contribution in [0.1, 0.15) is 51.4 Å². The van der Waals surface area contributed by atoms with Crippen LogP contribution < -0.4 is 0 Å². The summed E-state index contributed by atoms with van der Waals surface area (Å²) in [6.45, 7) is 0. The van der Waals surface area contributed by atoms with Crippen molar-refractivity contribution in [3.63, 3.8) is 0 Å². The molecule has 0 aliphatic heterocycles. The minimum absolute atomic E-state index is 0.156. The minimum atomic E-state index is -4.48. The number of ether oxygens (including phenoxy) is 3. The highest BCUT2D eigenvalue weighted by Gasteiger charge is 2.50. The van der Waals surface area contributed by atoms with E-state index in [0.717, 1.165) is 6.42 Å². The highest BCUT2D eigenvalue weighted by Crippen LogP contribution is 2.42. The van der Waals surface area contributed by atoms with Crippen LogP contribution >= 0.6 is 0 Å². The molecule has 3 unspecified atom stereocenters. The van der Waals surface area contributed by atoms with Crippen LogP contribution in [-0.4, -0.2) is 50.2 Å². The number of esters is 2. The molecule has 144 valence electrons. The maximum absolute atomic E-state index is 12.1. The normalized spacial score (nSPS) is 29.6. The third-order valence-electron chi connectivity index (χ3n) is 5.28. The quantitative estimate of drug-likeness (QED) is 0.567. The SMILES string of the molecule is COC(=O)C1CCC(C(=O)OC)C(OC2(S(=O)(=O)O)CCCCC2)C1. The molecule has 9 heteroatoms. The van der Waals surface area contributed by atoms with Crippen LogP contribution in [0.4, 0.5) is 0 Å². The van der Waals surface area contributed by atoms with Crippen LogP contribution in [-0.2, 0) is 33.9 Å². The Labute approximate surface area is 147 Å². The second-order valence-corrected chi connectivity index (χ2v) is 8.46. The van der Waals surface area contributed by atoms with E-state index in [1.165, 1.54) is 14.2 Å². The molecule has 0 aromatic heterocycles. The predicted octanol–water partition coefficient (Wildman–Crippen LogP) is 1.68. The lowest BCUT2D eigenvalue weighted by Gasteiger charge is -2.41. The van der Waals surface area contributed by atoms with Gasteiger partial charge in [0, 0.05) is 0 Å². The number of carbonyl (C=O) groups is 2. The molecule has 2 saturated carbocycles. The second kappa shape index (κ2) is 8.01. The summed E-state index contributed by atoms with van der Waals surface area (Å²) in [4.78, 5) is 22.2. The standard InChI is InChI=1S/C16H26O8S/c1-22-14(17)11-6-7-12(15(18)23-2)13(10-11)24-16(25(19,20)21)8-4-3-5-9-16/h11-13H,3-10H2,1-2H3,(H,19,20,21). The van der Waals surface area contributed by atoms with Gasteiger partial charge in [-0.1, -0.05) is 6.42 Å². The van der Waals surface area contributed by atoms with E-state index in [-0.39, 0.29) is 19.3 Å². The van der Waals surface area contributed by atoms with Gasteiger partial charge in [0.2, 0.25) is 0 Å². The Morgan fingerprint density at radius 1 is 1.00 bits per heavy atom. The molecule has 2 aliphatic carbocycles. The van der Waals surface area contributed by atoms with Gasteiger partial charge in [-0.25, -0.2) is 0 Å². The summed E-state index contributed by atoms with van der Waals surface area (Å²) in [6, 6.07) is 0. The van der Waals surface area contributed by atoms with Gasteiger partial charge >= 0.3 is 11.9 Å². The Morgan fingerprint density at radius 3 is 2.12 bits per heavy atom. The molecular formula is C16H26O8S. The molecule has 2 aliphatic rings. The Kier molecular flexibility index (Phi) is 6.45. The fourth-order valence-electron chi connectivity index (χ4n) is 3.86. The van der Waals surface area contributed by atoms with Crippen molar-refractivity contribution >= 4 is 22.1 Å². The molecule has 0 heterocycles. The van der Waals surface area contributed by atoms with Crippen LogP contribution in [0.25, 0.3) is 0 Å². The number of hydrogen-bond donors (Lipinski definition) is 1. The van der Waals surface area contributed by atoms with Gasteiger partial charge in [0.1, 0.15) is 0 Å². The molecule has 25 heavy (non-hydrogen) atoms. The Balaban J connectivity index is 2.28. The van der Waals surface area contributed by atoms with E-state index in [1.807, 2.05) is 0 Å². The van der Waals surface area contributed by atoms with Gasteiger partial charge in [0.15, 0.2) is 4.93 Å². The van der Waals surface area contributed by atoms with Crippen molar-refractivity contribution < 1.29 is 36.8 Å². The maximum atomic E-state index is 12.1. The number of hydrogen-bond acceptors (Lipinski definition) is 7. The van der Waals surface area contributed by atoms with Gasteiger partial charge in [0.25, 0.3) is 10.1 Å². The summed E-state index contributed by atoms with van der Waals surface area (Å²) in [5, 5.41) is 0. The third-order valence-corrected chi connectivity index (χ3v) is 6.73. The zero-order valence-electron chi connectivity index (χ0n) is 14.6. The number of methoxy groups -OCH3 is 2. The summed E-state index contributed by atoms with van der Waals surface area (Å²) >= 11 is 0. The molecule has 0 radical (unpaired) electrons. The summed E-state index contributed by atoms with van der Waals surface area (Å²) in [6.07, 6.45) is 2.50. The molecule has 0 amide bonds. The number of rotatable bonds is 5. The van der Waals surface area contributed by atoms with Crippen LogP contribution in [0.15, 0.2) is 0 Å². The van der Waals surface area contributed by atoms with Crippen molar-refractivity contribution in [1.82, 2.24) is 0 Å². The van der Waals surface area contributed by atoms with Crippen molar-refractivity contribution in [3.8, 4) is 0 Å². The van der Waals surface area contributed by atoms with Gasteiger partial charge in [0.05, 0.1) is 32.2 Å². The molecule has 0 spiro atoms. The van der Waals surface area contributed by atoms with E-state index in [2.05, 4.69) is 0 Å². The molecule has 2 rings (SSSR count). The van der Waals surface area contributed by atoms with Gasteiger partial charge in [-0.15, -0.1) is 0 Å². The maximum Gasteiger partial charge on any atom is 0.311 e. The molecule has 2 fully saturated rings. The summed E-state index contributed by atoms with van der Waals surface area (Å²) in [7, 11) is -1.94. The lowest BCUT2D eigenvalue weighted by Crippen LogP contribution is -2.50. The van der Waals surface area contributed by atoms with Gasteiger partial charge < -0.3 is 14.2 Å². The van der Waals surface area contributed by atoms with E-state index in [0.29, 0.717) is 25.7 Å². The van der Waals surface area contributed by atoms with Crippen LogP contribution in [0, 0.1) is 11.8 Å². The van der Waals surface area contributed by atoms with Crippen molar-refractivity contribution in [1.29, 1.82) is 0 Å². The van der Waals surface area contributed by atoms with Gasteiger partial charge in [-0.05, 0) is 44.9 Å². The largest absolute Gasteiger partial charge is 0.469 e. The van der Waals surface area contributed by atoms with Crippen LogP contribution in [0.3, 0.4) is 0 Å². The van der Waals surface area contributed by atoms with Gasteiger partial charge in [-0.3, -0.25) is 14.1 Å². The second-order valence-electron chi connectivity index (χ2n) is 6.77. The van der Waals surface area contributed by atoms with Crippen molar-refractivity contribution in [2.24, 2.45) is 11.8 Å². The highest BCUT2D eigenvalue weighted by atomic mass is 32.2. The first-order valence-corrected chi connectivity index (χ1v) is 9.98. The zero-order valence-corrected chi connectivity index (χ0v) is 15.4. The predicted molar refractivity (Wildman–Crippen MR) is 87.1 cm³/mol. The van der Waals surface area contributed by atoms with E-state index >= 15 is 0 Å². The summed E-state index contributed by atoms with van der Waals surface area (Å²) < 4.78 is 49.3. The fourth-order valence-corrected chi connectivity index (χ4v) is 4.91. The van der Waals surface area contributed by atoms with E-state index in [4.69, 9.17) is 14.2 Å². The molecule has 0 aromatic carbocycles. The Morgan fingerprint density at radius 2 is 1.60 bits per heavy atom. The minimum Gasteiger partial charge on any atom is -0.469 e. The highest BCUT2D eigenvalue weighted by molar-refractivity contribution is 7.87. The lowest BCUT2D eigenvalue weighted by molar-refractivity contribution is -0.168. The Hall–Kier alpha value is -1.19. The van der Waals surface area contributed by atoms with Crippen molar-refractivity contribution in [3.05, 3.63) is 0 Å². The zero-order chi connectivity index (χ0) is 18.7. The molecule has 8 nitrogen and oxygen atoms in total. The smallest absolute Gasteiger partial charge is 0.311 e. The van der Waals surface area contributed by atoms with Crippen LogP contribution in [0.2, 0.25) is 0 Å². The first-order valence-electron chi connectivity index (χ1n) is 8.54. The first kappa shape index (κ1) is 20.1. The van der Waals surface area contributed by atoms with E-state index in [9.17, 15) is 22.6 Å². The topological polar surface area (TPSA) is 116 Å². The van der Waals surface area contributed by atoms with E-state index in [1.54, 1.807) is 0 Å². The molecule has 3 atom stereocenters. The monoisotopic (exact) mass is 378 g/mol. The number of carbonyl (C=O) groups excluding carboxylic acids is 2. The average molecular weight is 378 g/mol. The molecule has 0 aromatic rings. The molecule has 0 bridgehead atoms. The fraction of sp³-hybridized carbons (Fsp3) is 0.875. The third kappa shape index (κ3) is 4.32. The first-order chi connectivity index (χ1) is 11.7. The lowest BCUT2D eigenvalue weighted by atomic mass is 9.79. The molecule has 0 saturated heterocycles. The Bertz CT molecular complexity index is 593. The van der Waals surface area contributed by atoms with Crippen molar-refractivity contribution in [2.75, 3.05) is 14.2 Å². The average Bonchev–Trinajstić information content (AvgIpc) is 2.60. The van der Waals surface area contributed by atoms with Crippen LogP contribution in [0.5, 0.6) is 0 Å². The van der Waals surface area contributed by atoms with E-state index < -0.39 is 44.9 Å². The molecular weight excluding hydrogens is 352 g/mol. The van der Waals surface area contributed by atoms with Gasteiger partial charge in [-0.2, -0.15) is 8.42 Å². The summed E-state index contributed by atoms with van der Waals surface area (Å²) in [5.41, 5.74) is 0. The van der Waals surface area contributed by atoms with Crippen molar-refractivity contribution in [2.45, 2.75) is 62.4 Å². The molecule has 1 N–H and O–H groups in total. The summed E-state index contributed by atoms with van der Waals surface area (Å²) in [5.74, 6) is -2.07.